The van der Waals surface area contributed by atoms with Crippen molar-refractivity contribution in [3.63, 3.8) is 0 Å². The van der Waals surface area contributed by atoms with Crippen LogP contribution in [0.5, 0.6) is 0 Å². The fourth-order valence-corrected chi connectivity index (χ4v) is 3.41. The zero-order valence-corrected chi connectivity index (χ0v) is 13.6. The Labute approximate surface area is 133 Å². The number of nitrogens with one attached hydrogen (secondary N) is 3. The molecule has 0 unspecified atom stereocenters. The molecule has 0 aliphatic heterocycles. The van der Waals surface area contributed by atoms with Crippen LogP contribution in [0.2, 0.25) is 0 Å². The summed E-state index contributed by atoms with van der Waals surface area (Å²) >= 11 is 0. The zero-order valence-electron chi connectivity index (χ0n) is 12.8. The van der Waals surface area contributed by atoms with Gasteiger partial charge >= 0.3 is 5.69 Å². The average Bonchev–Trinajstić information content (AvgIpc) is 2.86. The first kappa shape index (κ1) is 15.4. The Kier molecular flexibility index (Phi) is 3.73. The van der Waals surface area contributed by atoms with E-state index in [0.717, 1.165) is 5.56 Å². The second-order valence-electron chi connectivity index (χ2n) is 5.67. The molecule has 0 radical (unpaired) electrons. The number of hydrogen-bond acceptors (Lipinski definition) is 3. The number of H-pyrrole nitrogens is 2. The molecule has 0 atom stereocenters. The van der Waals surface area contributed by atoms with E-state index in [4.69, 9.17) is 0 Å². The van der Waals surface area contributed by atoms with Gasteiger partial charge in [0.25, 0.3) is 10.0 Å². The molecule has 23 heavy (non-hydrogen) atoms. The smallest absolute Gasteiger partial charge is 0.306 e. The topological polar surface area (TPSA) is 94.8 Å². The molecule has 7 heteroatoms. The third-order valence-corrected chi connectivity index (χ3v) is 5.01. The zero-order chi connectivity index (χ0) is 16.6. The summed E-state index contributed by atoms with van der Waals surface area (Å²) < 4.78 is 27.5. The standard InChI is InChI=1S/C16H17N3O3S/c1-10(2)11-3-5-12(6-4-11)19-23(21,22)13-7-8-14-15(9-13)18-16(20)17-14/h3-10,19H,1-2H3,(H2,17,18,20). The molecule has 3 aromatic rings. The van der Waals surface area contributed by atoms with Crippen molar-refractivity contribution in [3.8, 4) is 0 Å². The molecular weight excluding hydrogens is 314 g/mol. The van der Waals surface area contributed by atoms with Crippen molar-refractivity contribution in [1.29, 1.82) is 0 Å². The van der Waals surface area contributed by atoms with E-state index in [2.05, 4.69) is 28.5 Å². The first-order valence-electron chi connectivity index (χ1n) is 7.20. The maximum Gasteiger partial charge on any atom is 0.323 e. The lowest BCUT2D eigenvalue weighted by Gasteiger charge is -2.10. The molecule has 0 saturated heterocycles. The fourth-order valence-electron chi connectivity index (χ4n) is 2.33. The molecule has 120 valence electrons. The third-order valence-electron chi connectivity index (χ3n) is 3.63. The SMILES string of the molecule is CC(C)c1ccc(NS(=O)(=O)c2ccc3[nH]c(=O)[nH]c3c2)cc1. The molecular formula is C16H17N3O3S. The van der Waals surface area contributed by atoms with Crippen LogP contribution in [0.25, 0.3) is 11.0 Å². The van der Waals surface area contributed by atoms with Crippen LogP contribution in [0.1, 0.15) is 25.3 Å². The molecule has 0 spiro atoms. The number of aromatic amines is 2. The van der Waals surface area contributed by atoms with Gasteiger partial charge in [-0.05, 0) is 41.8 Å². The number of benzene rings is 2. The highest BCUT2D eigenvalue weighted by Gasteiger charge is 2.15. The van der Waals surface area contributed by atoms with E-state index < -0.39 is 10.0 Å². The van der Waals surface area contributed by atoms with Gasteiger partial charge in [0.05, 0.1) is 15.9 Å². The van der Waals surface area contributed by atoms with Crippen LogP contribution >= 0.6 is 0 Å². The molecule has 1 aromatic heterocycles. The molecule has 3 N–H and O–H groups in total. The van der Waals surface area contributed by atoms with Gasteiger partial charge in [-0.3, -0.25) is 4.72 Å². The van der Waals surface area contributed by atoms with E-state index in [-0.39, 0.29) is 10.6 Å². The first-order chi connectivity index (χ1) is 10.8. The maximum atomic E-state index is 12.5. The Balaban J connectivity index is 1.91. The van der Waals surface area contributed by atoms with Crippen molar-refractivity contribution in [3.05, 3.63) is 58.5 Å². The number of aromatic nitrogens is 2. The Bertz CT molecular complexity index is 999. The predicted octanol–water partition coefficient (Wildman–Crippen LogP) is 2.78. The van der Waals surface area contributed by atoms with Crippen LogP contribution in [0.4, 0.5) is 5.69 Å². The van der Waals surface area contributed by atoms with Crippen LogP contribution in [0.3, 0.4) is 0 Å². The minimum atomic E-state index is -3.71. The van der Waals surface area contributed by atoms with Crippen molar-refractivity contribution in [2.24, 2.45) is 0 Å². The van der Waals surface area contributed by atoms with Crippen LogP contribution in [0, 0.1) is 0 Å². The van der Waals surface area contributed by atoms with Crippen LogP contribution in [0.15, 0.2) is 52.2 Å². The monoisotopic (exact) mass is 331 g/mol. The number of rotatable bonds is 4. The molecule has 6 nitrogen and oxygen atoms in total. The van der Waals surface area contributed by atoms with Gasteiger partial charge in [-0.2, -0.15) is 0 Å². The van der Waals surface area contributed by atoms with Gasteiger partial charge < -0.3 is 9.97 Å². The molecule has 0 aliphatic carbocycles. The largest absolute Gasteiger partial charge is 0.323 e. The van der Waals surface area contributed by atoms with Gasteiger partial charge in [0.15, 0.2) is 0 Å². The second kappa shape index (κ2) is 5.58. The molecule has 2 aromatic carbocycles. The van der Waals surface area contributed by atoms with Crippen LogP contribution in [-0.4, -0.2) is 18.4 Å². The first-order valence-corrected chi connectivity index (χ1v) is 8.68. The summed E-state index contributed by atoms with van der Waals surface area (Å²) in [5.74, 6) is 0.383. The van der Waals surface area contributed by atoms with E-state index in [1.165, 1.54) is 12.1 Å². The number of fused-ring (bicyclic) bond motifs is 1. The maximum absolute atomic E-state index is 12.5. The van der Waals surface area contributed by atoms with Crippen molar-refractivity contribution >= 4 is 26.7 Å². The number of hydrogen-bond donors (Lipinski definition) is 3. The van der Waals surface area contributed by atoms with Crippen molar-refractivity contribution < 1.29 is 8.42 Å². The number of imidazole rings is 1. The molecule has 0 fully saturated rings. The van der Waals surface area contributed by atoms with Gasteiger partial charge in [0.2, 0.25) is 0 Å². The second-order valence-corrected chi connectivity index (χ2v) is 7.35. The van der Waals surface area contributed by atoms with Crippen molar-refractivity contribution in [2.45, 2.75) is 24.7 Å². The van der Waals surface area contributed by atoms with E-state index in [9.17, 15) is 13.2 Å². The van der Waals surface area contributed by atoms with E-state index in [0.29, 0.717) is 22.6 Å². The predicted molar refractivity (Wildman–Crippen MR) is 90.3 cm³/mol. The molecule has 0 saturated carbocycles. The minimum absolute atomic E-state index is 0.0909. The average molecular weight is 331 g/mol. The number of sulfonamides is 1. The highest BCUT2D eigenvalue weighted by Crippen LogP contribution is 2.21. The van der Waals surface area contributed by atoms with E-state index in [1.807, 2.05) is 12.1 Å². The Hall–Kier alpha value is -2.54. The van der Waals surface area contributed by atoms with Crippen LogP contribution in [-0.2, 0) is 10.0 Å². The van der Waals surface area contributed by atoms with Crippen molar-refractivity contribution in [2.75, 3.05) is 4.72 Å². The Morgan fingerprint density at radius 2 is 1.61 bits per heavy atom. The normalized spacial score (nSPS) is 12.0. The highest BCUT2D eigenvalue weighted by molar-refractivity contribution is 7.92. The summed E-state index contributed by atoms with van der Waals surface area (Å²) in [4.78, 5) is 16.5. The van der Waals surface area contributed by atoms with Crippen molar-refractivity contribution in [1.82, 2.24) is 9.97 Å². The third kappa shape index (κ3) is 3.14. The summed E-state index contributed by atoms with van der Waals surface area (Å²) in [5, 5.41) is 0. The fraction of sp³-hybridized carbons (Fsp3) is 0.188. The Morgan fingerprint density at radius 3 is 2.26 bits per heavy atom. The Morgan fingerprint density at radius 1 is 0.957 bits per heavy atom. The lowest BCUT2D eigenvalue weighted by Crippen LogP contribution is -2.12. The van der Waals surface area contributed by atoms with Gasteiger partial charge in [-0.25, -0.2) is 13.2 Å². The van der Waals surface area contributed by atoms with Gasteiger partial charge in [0.1, 0.15) is 0 Å². The van der Waals surface area contributed by atoms with Crippen LogP contribution < -0.4 is 10.4 Å². The van der Waals surface area contributed by atoms with Gasteiger partial charge in [-0.15, -0.1) is 0 Å². The minimum Gasteiger partial charge on any atom is -0.306 e. The summed E-state index contributed by atoms with van der Waals surface area (Å²) in [5.41, 5.74) is 2.28. The van der Waals surface area contributed by atoms with Gasteiger partial charge in [0, 0.05) is 5.69 Å². The summed E-state index contributed by atoms with van der Waals surface area (Å²) in [6.45, 7) is 4.15. The molecule has 0 aliphatic rings. The molecule has 1 heterocycles. The number of anilines is 1. The summed E-state index contributed by atoms with van der Waals surface area (Å²) in [6, 6.07) is 11.7. The van der Waals surface area contributed by atoms with Gasteiger partial charge in [-0.1, -0.05) is 26.0 Å². The highest BCUT2D eigenvalue weighted by atomic mass is 32.2. The quantitative estimate of drug-likeness (QED) is 0.686. The summed E-state index contributed by atoms with van der Waals surface area (Å²) in [7, 11) is -3.71. The molecule has 3 rings (SSSR count). The van der Waals surface area contributed by atoms with E-state index in [1.54, 1.807) is 18.2 Å². The molecule has 0 amide bonds. The lowest BCUT2D eigenvalue weighted by molar-refractivity contribution is 0.601. The van der Waals surface area contributed by atoms with E-state index >= 15 is 0 Å². The lowest BCUT2D eigenvalue weighted by atomic mass is 10.0. The summed E-state index contributed by atoms with van der Waals surface area (Å²) in [6.07, 6.45) is 0. The molecule has 0 bridgehead atoms.